The number of aromatic nitrogens is 2. The van der Waals surface area contributed by atoms with Crippen LogP contribution in [0.3, 0.4) is 0 Å². The Morgan fingerprint density at radius 3 is 2.42 bits per heavy atom. The van der Waals surface area contributed by atoms with Gasteiger partial charge in [0.1, 0.15) is 0 Å². The van der Waals surface area contributed by atoms with E-state index in [1.165, 1.54) is 20.4 Å². The summed E-state index contributed by atoms with van der Waals surface area (Å²) < 4.78 is 12.3. The maximum Gasteiger partial charge on any atom is 0.293 e. The average Bonchev–Trinajstić information content (AvgIpc) is 2.83. The van der Waals surface area contributed by atoms with Crippen molar-refractivity contribution < 1.29 is 19.4 Å². The number of hydrazone groups is 1. The first-order valence-electron chi connectivity index (χ1n) is 6.86. The van der Waals surface area contributed by atoms with Crippen LogP contribution >= 0.6 is 15.9 Å². The van der Waals surface area contributed by atoms with E-state index in [4.69, 9.17) is 9.47 Å². The molecule has 0 radical (unpaired) electrons. The highest BCUT2D eigenvalue weighted by molar-refractivity contribution is 9.10. The van der Waals surface area contributed by atoms with E-state index in [9.17, 15) is 9.90 Å². The number of rotatable bonds is 5. The van der Waals surface area contributed by atoms with Gasteiger partial charge in [-0.15, -0.1) is 0 Å². The first kappa shape index (κ1) is 17.8. The molecule has 1 aromatic carbocycles. The number of ether oxygens (including phenoxy) is 2. The number of phenolic OH excluding ortho intramolecular Hbond substituents is 1. The fourth-order valence-corrected chi connectivity index (χ4v) is 2.45. The van der Waals surface area contributed by atoms with Crippen LogP contribution in [-0.4, -0.2) is 41.2 Å². The minimum Gasteiger partial charge on any atom is -0.502 e. The molecule has 0 bridgehead atoms. The lowest BCUT2D eigenvalue weighted by Gasteiger charge is -2.09. The molecule has 0 atom stereocenters. The van der Waals surface area contributed by atoms with Crippen LogP contribution in [0.25, 0.3) is 0 Å². The number of carbonyl (C=O) groups excluding carboxylic acids is 1. The smallest absolute Gasteiger partial charge is 0.293 e. The van der Waals surface area contributed by atoms with Crippen LogP contribution in [0.2, 0.25) is 0 Å². The third-order valence-electron chi connectivity index (χ3n) is 3.36. The Morgan fingerprint density at radius 2 is 1.96 bits per heavy atom. The van der Waals surface area contributed by atoms with E-state index in [2.05, 4.69) is 31.6 Å². The van der Waals surface area contributed by atoms with Crippen molar-refractivity contribution in [2.24, 2.45) is 12.1 Å². The Kier molecular flexibility index (Phi) is 5.45. The second-order valence-corrected chi connectivity index (χ2v) is 5.64. The number of methoxy groups -OCH3 is 2. The quantitative estimate of drug-likeness (QED) is 0.594. The molecule has 0 spiro atoms. The lowest BCUT2D eigenvalue weighted by Crippen LogP contribution is -2.19. The van der Waals surface area contributed by atoms with Crippen molar-refractivity contribution >= 4 is 28.1 Å². The number of amides is 1. The highest BCUT2D eigenvalue weighted by atomic mass is 79.9. The number of nitrogens with one attached hydrogen (secondary N) is 1. The zero-order chi connectivity index (χ0) is 17.9. The van der Waals surface area contributed by atoms with Crippen LogP contribution < -0.4 is 14.9 Å². The van der Waals surface area contributed by atoms with Gasteiger partial charge < -0.3 is 14.6 Å². The third kappa shape index (κ3) is 3.51. The van der Waals surface area contributed by atoms with Crippen LogP contribution in [0.5, 0.6) is 17.2 Å². The van der Waals surface area contributed by atoms with Crippen molar-refractivity contribution in [3.8, 4) is 17.2 Å². The highest BCUT2D eigenvalue weighted by Gasteiger charge is 2.17. The molecule has 2 N–H and O–H groups in total. The molecule has 0 saturated heterocycles. The van der Waals surface area contributed by atoms with Gasteiger partial charge in [-0.2, -0.15) is 10.2 Å². The summed E-state index contributed by atoms with van der Waals surface area (Å²) in [5.41, 5.74) is 4.05. The van der Waals surface area contributed by atoms with Crippen molar-refractivity contribution in [3.63, 3.8) is 0 Å². The molecule has 0 saturated carbocycles. The fraction of sp³-hybridized carbons (Fsp3) is 0.267. The average molecular weight is 397 g/mol. The molecule has 24 heavy (non-hydrogen) atoms. The van der Waals surface area contributed by atoms with E-state index in [0.29, 0.717) is 10.0 Å². The zero-order valence-electron chi connectivity index (χ0n) is 13.6. The van der Waals surface area contributed by atoms with Crippen molar-refractivity contribution in [3.05, 3.63) is 33.6 Å². The van der Waals surface area contributed by atoms with Crippen molar-refractivity contribution in [2.75, 3.05) is 14.2 Å². The maximum absolute atomic E-state index is 12.1. The SMILES string of the molecule is COc1cc(/C=N/NC(=O)c2nn(C)c(C)c2Br)cc(OC)c1O. The Morgan fingerprint density at radius 1 is 1.38 bits per heavy atom. The predicted octanol–water partition coefficient (Wildman–Crippen LogP) is 1.98. The van der Waals surface area contributed by atoms with E-state index in [1.807, 2.05) is 6.92 Å². The molecule has 0 aliphatic heterocycles. The van der Waals surface area contributed by atoms with E-state index < -0.39 is 5.91 Å². The molecule has 0 aliphatic carbocycles. The summed E-state index contributed by atoms with van der Waals surface area (Å²) in [6.45, 7) is 1.84. The Labute approximate surface area is 147 Å². The number of halogens is 1. The summed E-state index contributed by atoms with van der Waals surface area (Å²) in [4.78, 5) is 12.1. The van der Waals surface area contributed by atoms with Crippen LogP contribution in [0.4, 0.5) is 0 Å². The third-order valence-corrected chi connectivity index (χ3v) is 4.31. The normalized spacial score (nSPS) is 10.9. The first-order valence-corrected chi connectivity index (χ1v) is 7.65. The van der Waals surface area contributed by atoms with Crippen LogP contribution in [0, 0.1) is 6.92 Å². The number of phenols is 1. The molecule has 0 fully saturated rings. The number of hydrogen-bond donors (Lipinski definition) is 2. The molecule has 0 aliphatic rings. The first-order chi connectivity index (χ1) is 11.4. The van der Waals surface area contributed by atoms with E-state index in [0.717, 1.165) is 5.69 Å². The van der Waals surface area contributed by atoms with E-state index >= 15 is 0 Å². The molecule has 2 rings (SSSR count). The summed E-state index contributed by atoms with van der Waals surface area (Å²) in [6, 6.07) is 3.13. The summed E-state index contributed by atoms with van der Waals surface area (Å²) >= 11 is 3.33. The number of benzene rings is 1. The van der Waals surface area contributed by atoms with Gasteiger partial charge in [-0.1, -0.05) is 0 Å². The monoisotopic (exact) mass is 396 g/mol. The van der Waals surface area contributed by atoms with Crippen LogP contribution in [0.15, 0.2) is 21.7 Å². The van der Waals surface area contributed by atoms with E-state index in [-0.39, 0.29) is 22.9 Å². The largest absolute Gasteiger partial charge is 0.502 e. The molecule has 128 valence electrons. The molecule has 9 heteroatoms. The minimum atomic E-state index is -0.445. The van der Waals surface area contributed by atoms with Gasteiger partial charge in [0.2, 0.25) is 5.75 Å². The standard InChI is InChI=1S/C15H17BrN4O4/c1-8-12(16)13(19-20(8)2)15(22)18-17-7-9-5-10(23-3)14(21)11(6-9)24-4/h5-7,21H,1-4H3,(H,18,22)/b17-7+. The molecular weight excluding hydrogens is 380 g/mol. The number of hydrogen-bond acceptors (Lipinski definition) is 6. The lowest BCUT2D eigenvalue weighted by atomic mass is 10.2. The molecular formula is C15H17BrN4O4. The van der Waals surface area contributed by atoms with Crippen molar-refractivity contribution in [1.29, 1.82) is 0 Å². The molecule has 2 aromatic rings. The predicted molar refractivity (Wildman–Crippen MR) is 91.9 cm³/mol. The van der Waals surface area contributed by atoms with Gasteiger partial charge in [-0.25, -0.2) is 5.43 Å². The van der Waals surface area contributed by atoms with Gasteiger partial charge in [0, 0.05) is 12.6 Å². The number of aryl methyl sites for hydroxylation is 1. The van der Waals surface area contributed by atoms with Crippen molar-refractivity contribution in [1.82, 2.24) is 15.2 Å². The Bertz CT molecular complexity index is 776. The Hall–Kier alpha value is -2.55. The van der Waals surface area contributed by atoms with Gasteiger partial charge in [-0.05, 0) is 35.0 Å². The van der Waals surface area contributed by atoms with E-state index in [1.54, 1.807) is 23.9 Å². The fourth-order valence-electron chi connectivity index (χ4n) is 1.93. The van der Waals surface area contributed by atoms with Gasteiger partial charge in [0.05, 0.1) is 30.6 Å². The Balaban J connectivity index is 2.17. The second-order valence-electron chi connectivity index (χ2n) is 4.84. The molecule has 8 nitrogen and oxygen atoms in total. The topological polar surface area (TPSA) is 98.0 Å². The second kappa shape index (κ2) is 7.35. The summed E-state index contributed by atoms with van der Waals surface area (Å²) in [7, 11) is 4.60. The maximum atomic E-state index is 12.1. The van der Waals surface area contributed by atoms with Crippen LogP contribution in [0.1, 0.15) is 21.7 Å². The molecule has 1 heterocycles. The number of nitrogens with zero attached hydrogens (tertiary/aromatic N) is 3. The van der Waals surface area contributed by atoms with Gasteiger partial charge in [0.15, 0.2) is 17.2 Å². The summed E-state index contributed by atoms with van der Waals surface area (Å²) in [6.07, 6.45) is 1.41. The summed E-state index contributed by atoms with van der Waals surface area (Å²) in [5, 5.41) is 17.9. The van der Waals surface area contributed by atoms with Crippen LogP contribution in [-0.2, 0) is 7.05 Å². The molecule has 0 unspecified atom stereocenters. The highest BCUT2D eigenvalue weighted by Crippen LogP contribution is 2.36. The van der Waals surface area contributed by atoms with Gasteiger partial charge in [-0.3, -0.25) is 9.48 Å². The molecule has 1 aromatic heterocycles. The summed E-state index contributed by atoms with van der Waals surface area (Å²) in [5.74, 6) is -0.0657. The van der Waals surface area contributed by atoms with Gasteiger partial charge >= 0.3 is 0 Å². The lowest BCUT2D eigenvalue weighted by molar-refractivity contribution is 0.0948. The number of aromatic hydroxyl groups is 1. The molecule has 1 amide bonds. The minimum absolute atomic E-state index is 0.103. The van der Waals surface area contributed by atoms with Gasteiger partial charge in [0.25, 0.3) is 5.91 Å². The van der Waals surface area contributed by atoms with Crippen molar-refractivity contribution in [2.45, 2.75) is 6.92 Å². The number of carbonyl (C=O) groups is 1. The zero-order valence-corrected chi connectivity index (χ0v) is 15.2.